The lowest BCUT2D eigenvalue weighted by atomic mass is 9.69. The monoisotopic (exact) mass is 364 g/mol. The van der Waals surface area contributed by atoms with E-state index in [4.69, 9.17) is 0 Å². The van der Waals surface area contributed by atoms with Crippen LogP contribution in [0.5, 0.6) is 0 Å². The summed E-state index contributed by atoms with van der Waals surface area (Å²) in [6.07, 6.45) is 18.3. The van der Waals surface area contributed by atoms with Crippen LogP contribution < -0.4 is 0 Å². The number of hydrogen-bond donors (Lipinski definition) is 0. The summed E-state index contributed by atoms with van der Waals surface area (Å²) in [4.78, 5) is 0. The Morgan fingerprint density at radius 3 is 2.00 bits per heavy atom. The molecule has 1 aromatic carbocycles. The van der Waals surface area contributed by atoms with E-state index in [1.54, 1.807) is 0 Å². The smallest absolute Gasteiger partial charge is 0.0245 e. The van der Waals surface area contributed by atoms with Crippen molar-refractivity contribution in [2.24, 2.45) is 23.7 Å². The first-order chi connectivity index (χ1) is 13.3. The third kappa shape index (κ3) is 6.41. The summed E-state index contributed by atoms with van der Waals surface area (Å²) < 4.78 is 0. The van der Waals surface area contributed by atoms with Crippen LogP contribution in [0.15, 0.2) is 24.3 Å². The second kappa shape index (κ2) is 10.9. The number of hydrogen-bond acceptors (Lipinski definition) is 0. The average molecular weight is 365 g/mol. The lowest BCUT2D eigenvalue weighted by Gasteiger charge is -2.37. The first kappa shape index (κ1) is 20.5. The lowest BCUT2D eigenvalue weighted by molar-refractivity contribution is 0.153. The van der Waals surface area contributed by atoms with Crippen LogP contribution in [-0.4, -0.2) is 0 Å². The van der Waals surface area contributed by atoms with Crippen LogP contribution in [0.4, 0.5) is 0 Å². The largest absolute Gasteiger partial charge is 0.0945 e. The molecule has 2 saturated carbocycles. The third-order valence-corrected chi connectivity index (χ3v) is 7.21. The summed E-state index contributed by atoms with van der Waals surface area (Å²) in [5.41, 5.74) is 2.63. The normalized spacial score (nSPS) is 28.4. The highest BCUT2D eigenvalue weighted by Gasteiger charge is 2.30. The molecule has 0 saturated heterocycles. The molecule has 0 nitrogen and oxygen atoms in total. The molecule has 0 aliphatic heterocycles. The molecule has 0 spiro atoms. The number of aryl methyl sites for hydroxylation is 1. The Bertz CT molecular complexity index is 583. The van der Waals surface area contributed by atoms with Crippen molar-refractivity contribution in [3.8, 4) is 11.8 Å². The summed E-state index contributed by atoms with van der Waals surface area (Å²) in [5, 5.41) is 0. The van der Waals surface area contributed by atoms with Gasteiger partial charge in [0.2, 0.25) is 0 Å². The van der Waals surface area contributed by atoms with Gasteiger partial charge in [-0.1, -0.05) is 76.3 Å². The van der Waals surface area contributed by atoms with Gasteiger partial charge in [0.05, 0.1) is 0 Å². The van der Waals surface area contributed by atoms with Crippen molar-refractivity contribution in [2.45, 2.75) is 97.3 Å². The zero-order chi connectivity index (χ0) is 18.9. The Morgan fingerprint density at radius 1 is 0.778 bits per heavy atom. The van der Waals surface area contributed by atoms with E-state index in [0.717, 1.165) is 17.8 Å². The van der Waals surface area contributed by atoms with E-state index in [1.807, 2.05) is 0 Å². The van der Waals surface area contributed by atoms with E-state index in [2.05, 4.69) is 50.0 Å². The van der Waals surface area contributed by atoms with E-state index in [0.29, 0.717) is 5.92 Å². The molecule has 3 rings (SSSR count). The summed E-state index contributed by atoms with van der Waals surface area (Å²) in [6, 6.07) is 8.92. The van der Waals surface area contributed by atoms with Crippen LogP contribution >= 0.6 is 0 Å². The Morgan fingerprint density at radius 2 is 1.41 bits per heavy atom. The fourth-order valence-corrected chi connectivity index (χ4v) is 5.40. The molecule has 0 radical (unpaired) electrons. The molecule has 0 heterocycles. The third-order valence-electron chi connectivity index (χ3n) is 7.21. The Hall–Kier alpha value is -1.22. The molecule has 0 bridgehead atoms. The Kier molecular flexibility index (Phi) is 8.32. The molecule has 2 fully saturated rings. The molecule has 0 aromatic heterocycles. The lowest BCUT2D eigenvalue weighted by Crippen LogP contribution is -2.25. The van der Waals surface area contributed by atoms with Gasteiger partial charge in [-0.15, -0.1) is 0 Å². The van der Waals surface area contributed by atoms with Crippen LogP contribution in [0, 0.1) is 35.5 Å². The highest BCUT2D eigenvalue weighted by atomic mass is 14.3. The van der Waals surface area contributed by atoms with Gasteiger partial charge in [-0.05, 0) is 80.4 Å². The van der Waals surface area contributed by atoms with Crippen molar-refractivity contribution in [3.63, 3.8) is 0 Å². The highest BCUT2D eigenvalue weighted by molar-refractivity contribution is 5.36. The molecular formula is C27H40. The first-order valence-electron chi connectivity index (χ1n) is 11.9. The average Bonchev–Trinajstić information content (AvgIpc) is 2.73. The van der Waals surface area contributed by atoms with Crippen LogP contribution in [0.25, 0.3) is 0 Å². The topological polar surface area (TPSA) is 0 Å². The van der Waals surface area contributed by atoms with Crippen LogP contribution in [-0.2, 0) is 6.42 Å². The van der Waals surface area contributed by atoms with Crippen molar-refractivity contribution in [1.29, 1.82) is 0 Å². The minimum Gasteiger partial charge on any atom is -0.0945 e. The number of benzene rings is 1. The zero-order valence-electron chi connectivity index (χ0n) is 17.8. The van der Waals surface area contributed by atoms with Gasteiger partial charge in [0, 0.05) is 11.5 Å². The van der Waals surface area contributed by atoms with Crippen molar-refractivity contribution in [1.82, 2.24) is 0 Å². The maximum atomic E-state index is 3.59. The van der Waals surface area contributed by atoms with Gasteiger partial charge in [0.25, 0.3) is 0 Å². The minimum absolute atomic E-state index is 0.637. The Balaban J connectivity index is 1.41. The van der Waals surface area contributed by atoms with E-state index in [1.165, 1.54) is 94.6 Å². The van der Waals surface area contributed by atoms with E-state index in [-0.39, 0.29) is 0 Å². The number of unbranched alkanes of at least 4 members (excludes halogenated alkanes) is 1. The maximum Gasteiger partial charge on any atom is 0.0245 e. The van der Waals surface area contributed by atoms with E-state index in [9.17, 15) is 0 Å². The second-order valence-corrected chi connectivity index (χ2v) is 9.25. The fraction of sp³-hybridized carbons (Fsp3) is 0.704. The Labute approximate surface area is 168 Å². The van der Waals surface area contributed by atoms with Gasteiger partial charge in [-0.2, -0.15) is 0 Å². The predicted octanol–water partition coefficient (Wildman–Crippen LogP) is 7.79. The van der Waals surface area contributed by atoms with Gasteiger partial charge in [0.15, 0.2) is 0 Å². The van der Waals surface area contributed by atoms with Gasteiger partial charge in [-0.25, -0.2) is 0 Å². The second-order valence-electron chi connectivity index (χ2n) is 9.25. The van der Waals surface area contributed by atoms with Crippen molar-refractivity contribution in [2.75, 3.05) is 0 Å². The van der Waals surface area contributed by atoms with Gasteiger partial charge in [0.1, 0.15) is 0 Å². The molecule has 2 aliphatic carbocycles. The molecule has 2 aliphatic rings. The molecule has 0 atom stereocenters. The predicted molar refractivity (Wildman–Crippen MR) is 118 cm³/mol. The van der Waals surface area contributed by atoms with Crippen molar-refractivity contribution in [3.05, 3.63) is 35.4 Å². The van der Waals surface area contributed by atoms with E-state index >= 15 is 0 Å². The quantitative estimate of drug-likeness (QED) is 0.452. The molecule has 1 aromatic rings. The maximum absolute atomic E-state index is 3.59. The molecule has 27 heavy (non-hydrogen) atoms. The molecule has 0 heteroatoms. The molecule has 0 amide bonds. The summed E-state index contributed by atoms with van der Waals surface area (Å²) in [6.45, 7) is 4.57. The van der Waals surface area contributed by atoms with Gasteiger partial charge in [-0.3, -0.25) is 0 Å². The van der Waals surface area contributed by atoms with Crippen LogP contribution in [0.1, 0.15) is 102 Å². The standard InChI is InChI=1S/C27H40/c1-3-5-7-23-14-18-26(19-15-23)27-20-16-25(17-21-27)13-12-24-10-8-22(6-4-2)9-11-24/h8-11,23,25-27H,3-7,14-21H2,1-2H3. The molecule has 0 N–H and O–H groups in total. The van der Waals surface area contributed by atoms with Crippen molar-refractivity contribution >= 4 is 0 Å². The van der Waals surface area contributed by atoms with Crippen LogP contribution in [0.2, 0.25) is 0 Å². The molecule has 0 unspecified atom stereocenters. The van der Waals surface area contributed by atoms with E-state index < -0.39 is 0 Å². The minimum atomic E-state index is 0.637. The highest BCUT2D eigenvalue weighted by Crippen LogP contribution is 2.42. The summed E-state index contributed by atoms with van der Waals surface area (Å²) >= 11 is 0. The van der Waals surface area contributed by atoms with Gasteiger partial charge < -0.3 is 0 Å². The van der Waals surface area contributed by atoms with Gasteiger partial charge >= 0.3 is 0 Å². The summed E-state index contributed by atoms with van der Waals surface area (Å²) in [5.74, 6) is 10.8. The zero-order valence-corrected chi connectivity index (χ0v) is 17.8. The first-order valence-corrected chi connectivity index (χ1v) is 11.9. The number of rotatable bonds is 6. The summed E-state index contributed by atoms with van der Waals surface area (Å²) in [7, 11) is 0. The molecular weight excluding hydrogens is 324 g/mol. The molecule has 148 valence electrons. The SMILES string of the molecule is CCCCC1CCC(C2CCC(C#Cc3ccc(CCC)cc3)CC2)CC1. The van der Waals surface area contributed by atoms with Crippen molar-refractivity contribution < 1.29 is 0 Å². The fourth-order valence-electron chi connectivity index (χ4n) is 5.40. The van der Waals surface area contributed by atoms with Crippen LogP contribution in [0.3, 0.4) is 0 Å².